The van der Waals surface area contributed by atoms with Crippen molar-refractivity contribution in [2.75, 3.05) is 13.1 Å². The number of nitrogens with one attached hydrogen (secondary N) is 1. The number of aliphatic hydroxyl groups is 1. The van der Waals surface area contributed by atoms with Crippen molar-refractivity contribution in [1.82, 2.24) is 4.90 Å². The van der Waals surface area contributed by atoms with Crippen LogP contribution in [0.1, 0.15) is 6.92 Å². The number of imide groups is 1. The molecule has 1 rings (SSSR count). The van der Waals surface area contributed by atoms with Crippen molar-refractivity contribution in [3.8, 4) is 0 Å². The molecule has 2 N–H and O–H groups in total. The van der Waals surface area contributed by atoms with E-state index in [1.807, 2.05) is 0 Å². The van der Waals surface area contributed by atoms with Gasteiger partial charge in [0.1, 0.15) is 12.8 Å². The standard InChI is InChI=1S/C7H10N2O4.ClH/c1-5(11)9-3-2-8(4-10)6(12)7(9)13;/h4-5,11H,2-3H2,1H3;1H. The maximum absolute atomic E-state index is 11.2. The van der Waals surface area contributed by atoms with Crippen molar-refractivity contribution < 1.29 is 36.8 Å². The first-order valence-corrected chi connectivity index (χ1v) is 3.92. The zero-order chi connectivity index (χ0) is 10.0. The SMILES string of the molecule is CC(O)N1CC[NH+](C=O)C(=O)C1=O.[Cl-]. The maximum Gasteiger partial charge on any atom is 0.409 e. The van der Waals surface area contributed by atoms with Gasteiger partial charge in [-0.2, -0.15) is 0 Å². The first kappa shape index (κ1) is 13.0. The average Bonchev–Trinajstić information content (AvgIpc) is 2.09. The molecule has 2 unspecified atom stereocenters. The molecule has 1 fully saturated rings. The van der Waals surface area contributed by atoms with E-state index in [-0.39, 0.29) is 30.4 Å². The number of nitrogens with zero attached hydrogens (tertiary/aromatic N) is 1. The largest absolute Gasteiger partial charge is 1.00 e. The molecule has 6 nitrogen and oxygen atoms in total. The summed E-state index contributed by atoms with van der Waals surface area (Å²) in [6.07, 6.45) is -0.579. The summed E-state index contributed by atoms with van der Waals surface area (Å²) in [5.41, 5.74) is 0. The van der Waals surface area contributed by atoms with Crippen LogP contribution < -0.4 is 17.3 Å². The molecule has 3 amide bonds. The van der Waals surface area contributed by atoms with E-state index in [0.29, 0.717) is 6.41 Å². The Morgan fingerprint density at radius 3 is 2.57 bits per heavy atom. The fourth-order valence-electron chi connectivity index (χ4n) is 1.19. The number of halogens is 1. The summed E-state index contributed by atoms with van der Waals surface area (Å²) in [4.78, 5) is 33.6. The Labute approximate surface area is 86.9 Å². The summed E-state index contributed by atoms with van der Waals surface area (Å²) in [7, 11) is 0. The minimum atomic E-state index is -0.982. The van der Waals surface area contributed by atoms with E-state index in [2.05, 4.69) is 0 Å². The van der Waals surface area contributed by atoms with Crippen LogP contribution in [0.4, 0.5) is 0 Å². The third-order valence-corrected chi connectivity index (χ3v) is 1.96. The molecule has 1 aliphatic rings. The van der Waals surface area contributed by atoms with Crippen molar-refractivity contribution in [1.29, 1.82) is 0 Å². The van der Waals surface area contributed by atoms with Crippen molar-refractivity contribution >= 4 is 18.2 Å². The van der Waals surface area contributed by atoms with Crippen LogP contribution in [0.3, 0.4) is 0 Å². The van der Waals surface area contributed by atoms with Crippen LogP contribution in [-0.2, 0) is 14.4 Å². The normalized spacial score (nSPS) is 24.1. The summed E-state index contributed by atoms with van der Waals surface area (Å²) < 4.78 is 0. The highest BCUT2D eigenvalue weighted by atomic mass is 35.5. The van der Waals surface area contributed by atoms with Gasteiger partial charge in [0.25, 0.3) is 0 Å². The predicted molar refractivity (Wildman–Crippen MR) is 40.3 cm³/mol. The molecule has 0 saturated carbocycles. The monoisotopic (exact) mass is 222 g/mol. The van der Waals surface area contributed by atoms with Crippen molar-refractivity contribution in [2.45, 2.75) is 13.2 Å². The van der Waals surface area contributed by atoms with Crippen molar-refractivity contribution in [3.63, 3.8) is 0 Å². The van der Waals surface area contributed by atoms with Gasteiger partial charge in [0.2, 0.25) is 0 Å². The number of carbonyl (C=O) groups excluding carboxylic acids is 3. The number of hydrogen-bond donors (Lipinski definition) is 2. The van der Waals surface area contributed by atoms with E-state index < -0.39 is 18.0 Å². The van der Waals surface area contributed by atoms with Gasteiger partial charge in [-0.15, -0.1) is 0 Å². The highest BCUT2D eigenvalue weighted by Crippen LogP contribution is 1.97. The third kappa shape index (κ3) is 2.28. The van der Waals surface area contributed by atoms with Gasteiger partial charge < -0.3 is 17.5 Å². The van der Waals surface area contributed by atoms with Crippen LogP contribution in [0.5, 0.6) is 0 Å². The number of hydrogen-bond acceptors (Lipinski definition) is 4. The second-order valence-corrected chi connectivity index (χ2v) is 2.85. The van der Waals surface area contributed by atoms with Crippen LogP contribution in [0.2, 0.25) is 0 Å². The highest BCUT2D eigenvalue weighted by molar-refractivity contribution is 6.32. The summed E-state index contributed by atoms with van der Waals surface area (Å²) in [5.74, 6) is -1.61. The Hall–Kier alpha value is -0.980. The molecule has 1 aliphatic heterocycles. The fourth-order valence-corrected chi connectivity index (χ4v) is 1.19. The van der Waals surface area contributed by atoms with Crippen LogP contribution in [0.15, 0.2) is 0 Å². The van der Waals surface area contributed by atoms with E-state index in [9.17, 15) is 14.4 Å². The fraction of sp³-hybridized carbons (Fsp3) is 0.571. The van der Waals surface area contributed by atoms with Crippen LogP contribution in [0, 0.1) is 0 Å². The number of carbonyl (C=O) groups is 3. The van der Waals surface area contributed by atoms with Gasteiger partial charge in [0, 0.05) is 0 Å². The Balaban J connectivity index is 0.00000169. The average molecular weight is 223 g/mol. The molecule has 2 atom stereocenters. The molecule has 0 spiro atoms. The topological polar surface area (TPSA) is 79.1 Å². The maximum atomic E-state index is 11.2. The highest BCUT2D eigenvalue weighted by Gasteiger charge is 2.38. The first-order valence-electron chi connectivity index (χ1n) is 3.92. The van der Waals surface area contributed by atoms with Gasteiger partial charge in [-0.3, -0.25) is 9.69 Å². The Bertz CT molecular complexity index is 256. The zero-order valence-electron chi connectivity index (χ0n) is 7.57. The number of aliphatic hydroxyl groups excluding tert-OH is 1. The molecule has 0 aromatic heterocycles. The lowest BCUT2D eigenvalue weighted by Crippen LogP contribution is -3.17. The lowest BCUT2D eigenvalue weighted by Gasteiger charge is -2.28. The molecule has 0 radical (unpaired) electrons. The quantitative estimate of drug-likeness (QED) is 0.360. The molecule has 14 heavy (non-hydrogen) atoms. The van der Waals surface area contributed by atoms with Gasteiger partial charge in [-0.25, -0.2) is 14.5 Å². The molecular formula is C7H11ClN2O4. The molecule has 1 heterocycles. The molecule has 0 bridgehead atoms. The lowest BCUT2D eigenvalue weighted by molar-refractivity contribution is -0.727. The molecule has 0 aromatic carbocycles. The van der Waals surface area contributed by atoms with Crippen LogP contribution in [-0.4, -0.2) is 47.5 Å². The smallest absolute Gasteiger partial charge is 0.409 e. The second-order valence-electron chi connectivity index (χ2n) is 2.85. The molecular weight excluding hydrogens is 212 g/mol. The van der Waals surface area contributed by atoms with E-state index in [1.54, 1.807) is 0 Å². The Morgan fingerprint density at radius 2 is 2.14 bits per heavy atom. The number of amides is 3. The lowest BCUT2D eigenvalue weighted by atomic mass is 10.3. The van der Waals surface area contributed by atoms with Crippen LogP contribution in [0.25, 0.3) is 0 Å². The molecule has 0 aliphatic carbocycles. The molecule has 80 valence electrons. The summed E-state index contributed by atoms with van der Waals surface area (Å²) in [6, 6.07) is 0. The third-order valence-electron chi connectivity index (χ3n) is 1.96. The van der Waals surface area contributed by atoms with Gasteiger partial charge in [0.05, 0.1) is 6.54 Å². The minimum Gasteiger partial charge on any atom is -1.00 e. The predicted octanol–water partition coefficient (Wildman–Crippen LogP) is -6.26. The number of quaternary nitrogens is 1. The molecule has 0 aromatic rings. The van der Waals surface area contributed by atoms with E-state index in [0.717, 1.165) is 4.90 Å². The van der Waals surface area contributed by atoms with Gasteiger partial charge >= 0.3 is 18.2 Å². The van der Waals surface area contributed by atoms with Crippen molar-refractivity contribution in [3.05, 3.63) is 0 Å². The zero-order valence-corrected chi connectivity index (χ0v) is 8.32. The Morgan fingerprint density at radius 1 is 1.57 bits per heavy atom. The number of piperazine rings is 1. The number of rotatable bonds is 2. The summed E-state index contributed by atoms with van der Waals surface area (Å²) in [6.45, 7) is 1.84. The summed E-state index contributed by atoms with van der Waals surface area (Å²) in [5, 5.41) is 9.08. The summed E-state index contributed by atoms with van der Waals surface area (Å²) >= 11 is 0. The minimum absolute atomic E-state index is 0. The van der Waals surface area contributed by atoms with E-state index >= 15 is 0 Å². The Kier molecular flexibility index (Phi) is 4.69. The van der Waals surface area contributed by atoms with Crippen LogP contribution >= 0.6 is 0 Å². The van der Waals surface area contributed by atoms with E-state index in [4.69, 9.17) is 5.11 Å². The molecule has 1 saturated heterocycles. The van der Waals surface area contributed by atoms with Gasteiger partial charge in [0.15, 0.2) is 0 Å². The van der Waals surface area contributed by atoms with Gasteiger partial charge in [-0.05, 0) is 6.92 Å². The van der Waals surface area contributed by atoms with E-state index in [1.165, 1.54) is 6.92 Å². The second kappa shape index (κ2) is 5.04. The van der Waals surface area contributed by atoms with Crippen molar-refractivity contribution in [2.24, 2.45) is 0 Å². The molecule has 7 heteroatoms. The first-order chi connectivity index (χ1) is 6.07. The van der Waals surface area contributed by atoms with Gasteiger partial charge in [-0.1, -0.05) is 0 Å².